The molecular formula is C12H15ClO2. The molecule has 1 unspecified atom stereocenters. The van der Waals surface area contributed by atoms with Gasteiger partial charge < -0.3 is 4.74 Å². The smallest absolute Gasteiger partial charge is 0.324 e. The van der Waals surface area contributed by atoms with E-state index >= 15 is 0 Å². The largest absolute Gasteiger partial charge is 0.460 e. The number of halogens is 1. The predicted octanol–water partition coefficient (Wildman–Crippen LogP) is 2.99. The number of carbonyl (C=O) groups excluding carboxylic acids is 1. The summed E-state index contributed by atoms with van der Waals surface area (Å²) in [6.07, 6.45) is 0. The molecule has 0 aliphatic carbocycles. The Morgan fingerprint density at radius 3 is 2.47 bits per heavy atom. The van der Waals surface area contributed by atoms with Crippen LogP contribution in [-0.4, -0.2) is 11.3 Å². The number of hydrogen-bond donors (Lipinski definition) is 0. The van der Waals surface area contributed by atoms with Crippen molar-refractivity contribution in [1.29, 1.82) is 0 Å². The van der Waals surface area contributed by atoms with Crippen LogP contribution in [0.25, 0.3) is 0 Å². The van der Waals surface area contributed by atoms with Gasteiger partial charge in [-0.1, -0.05) is 44.2 Å². The summed E-state index contributed by atoms with van der Waals surface area (Å²) in [6, 6.07) is 9.55. The van der Waals surface area contributed by atoms with Gasteiger partial charge in [-0.3, -0.25) is 4.79 Å². The Labute approximate surface area is 95.2 Å². The molecule has 0 radical (unpaired) electrons. The maximum atomic E-state index is 11.4. The lowest BCUT2D eigenvalue weighted by atomic mass is 10.1. The van der Waals surface area contributed by atoms with E-state index in [-0.39, 0.29) is 18.5 Å². The lowest BCUT2D eigenvalue weighted by molar-refractivity contribution is -0.145. The zero-order chi connectivity index (χ0) is 11.3. The van der Waals surface area contributed by atoms with Crippen molar-refractivity contribution in [2.24, 2.45) is 5.92 Å². The molecule has 15 heavy (non-hydrogen) atoms. The molecule has 0 spiro atoms. The molecule has 3 heteroatoms. The summed E-state index contributed by atoms with van der Waals surface area (Å²) in [5, 5.41) is -0.561. The molecule has 0 bridgehead atoms. The second kappa shape index (κ2) is 5.76. The molecule has 2 nitrogen and oxygen atoms in total. The third-order valence-electron chi connectivity index (χ3n) is 2.03. The van der Waals surface area contributed by atoms with Gasteiger partial charge in [0, 0.05) is 0 Å². The lowest BCUT2D eigenvalue weighted by Crippen LogP contribution is -2.22. The number of hydrogen-bond acceptors (Lipinski definition) is 2. The van der Waals surface area contributed by atoms with E-state index in [0.717, 1.165) is 5.56 Å². The quantitative estimate of drug-likeness (QED) is 0.583. The minimum absolute atomic E-state index is 0.0925. The molecule has 0 amide bonds. The fourth-order valence-electron chi connectivity index (χ4n) is 1.08. The van der Waals surface area contributed by atoms with Gasteiger partial charge >= 0.3 is 5.97 Å². The summed E-state index contributed by atoms with van der Waals surface area (Å²) in [6.45, 7) is 4.07. The molecule has 1 atom stereocenters. The summed E-state index contributed by atoms with van der Waals surface area (Å²) in [4.78, 5) is 11.4. The highest BCUT2D eigenvalue weighted by atomic mass is 35.5. The van der Waals surface area contributed by atoms with Crippen LogP contribution in [0.3, 0.4) is 0 Å². The van der Waals surface area contributed by atoms with Gasteiger partial charge in [-0.15, -0.1) is 11.6 Å². The SMILES string of the molecule is CC(C)C(Cl)C(=O)OCc1ccccc1. The first kappa shape index (κ1) is 12.1. The topological polar surface area (TPSA) is 26.3 Å². The number of carbonyl (C=O) groups is 1. The van der Waals surface area contributed by atoms with Gasteiger partial charge in [-0.2, -0.15) is 0 Å². The van der Waals surface area contributed by atoms with Crippen molar-refractivity contribution in [1.82, 2.24) is 0 Å². The average molecular weight is 227 g/mol. The Kier molecular flexibility index (Phi) is 4.63. The summed E-state index contributed by atoms with van der Waals surface area (Å²) in [7, 11) is 0. The zero-order valence-electron chi connectivity index (χ0n) is 8.94. The van der Waals surface area contributed by atoms with Crippen molar-refractivity contribution >= 4 is 17.6 Å². The fourth-order valence-corrected chi connectivity index (χ4v) is 1.14. The summed E-state index contributed by atoms with van der Waals surface area (Å²) in [5.74, 6) is -0.259. The van der Waals surface area contributed by atoms with Gasteiger partial charge in [0.15, 0.2) is 0 Å². The molecule has 0 saturated heterocycles. The predicted molar refractivity (Wildman–Crippen MR) is 60.7 cm³/mol. The second-order valence-corrected chi connectivity index (χ2v) is 4.21. The van der Waals surface area contributed by atoms with Gasteiger partial charge in [0.05, 0.1) is 0 Å². The first-order valence-corrected chi connectivity index (χ1v) is 5.39. The van der Waals surface area contributed by atoms with Crippen LogP contribution in [0.4, 0.5) is 0 Å². The number of ether oxygens (including phenoxy) is 1. The van der Waals surface area contributed by atoms with Crippen molar-refractivity contribution in [3.05, 3.63) is 35.9 Å². The molecular weight excluding hydrogens is 212 g/mol. The van der Waals surface area contributed by atoms with Crippen molar-refractivity contribution in [3.63, 3.8) is 0 Å². The Bertz CT molecular complexity index is 309. The molecule has 1 rings (SSSR count). The van der Waals surface area contributed by atoms with E-state index in [1.54, 1.807) is 0 Å². The molecule has 0 N–H and O–H groups in total. The monoisotopic (exact) mass is 226 g/mol. The number of esters is 1. The molecule has 1 aromatic carbocycles. The van der Waals surface area contributed by atoms with E-state index in [1.165, 1.54) is 0 Å². The highest BCUT2D eigenvalue weighted by Crippen LogP contribution is 2.12. The van der Waals surface area contributed by atoms with Crippen LogP contribution in [0.5, 0.6) is 0 Å². The van der Waals surface area contributed by atoms with Crippen LogP contribution in [0, 0.1) is 5.92 Å². The van der Waals surface area contributed by atoms with Crippen LogP contribution < -0.4 is 0 Å². The van der Waals surface area contributed by atoms with Gasteiger partial charge in [0.1, 0.15) is 12.0 Å². The standard InChI is InChI=1S/C12H15ClO2/c1-9(2)11(13)12(14)15-8-10-6-4-3-5-7-10/h3-7,9,11H,8H2,1-2H3. The Balaban J connectivity index is 2.41. The Morgan fingerprint density at radius 2 is 1.93 bits per heavy atom. The second-order valence-electron chi connectivity index (χ2n) is 3.74. The fraction of sp³-hybridized carbons (Fsp3) is 0.417. The van der Waals surface area contributed by atoms with Gasteiger partial charge in [0.25, 0.3) is 0 Å². The van der Waals surface area contributed by atoms with E-state index in [2.05, 4.69) is 0 Å². The molecule has 0 saturated carbocycles. The maximum Gasteiger partial charge on any atom is 0.324 e. The lowest BCUT2D eigenvalue weighted by Gasteiger charge is -2.12. The summed E-state index contributed by atoms with van der Waals surface area (Å²) >= 11 is 5.86. The summed E-state index contributed by atoms with van der Waals surface area (Å²) < 4.78 is 5.08. The van der Waals surface area contributed by atoms with Gasteiger partial charge in [0.2, 0.25) is 0 Å². The Morgan fingerprint density at radius 1 is 1.33 bits per heavy atom. The summed E-state index contributed by atoms with van der Waals surface area (Å²) in [5.41, 5.74) is 0.971. The van der Waals surface area contributed by atoms with Crippen molar-refractivity contribution in [2.75, 3.05) is 0 Å². The van der Waals surface area contributed by atoms with Gasteiger partial charge in [-0.05, 0) is 11.5 Å². The zero-order valence-corrected chi connectivity index (χ0v) is 9.70. The molecule has 82 valence electrons. The molecule has 0 aromatic heterocycles. The van der Waals surface area contributed by atoms with Crippen LogP contribution in [0.1, 0.15) is 19.4 Å². The third-order valence-corrected chi connectivity index (χ3v) is 2.72. The first-order chi connectivity index (χ1) is 7.11. The molecule has 0 aliphatic rings. The maximum absolute atomic E-state index is 11.4. The first-order valence-electron chi connectivity index (χ1n) is 4.96. The van der Waals surface area contributed by atoms with Crippen LogP contribution in [0.2, 0.25) is 0 Å². The van der Waals surface area contributed by atoms with E-state index in [4.69, 9.17) is 16.3 Å². The van der Waals surface area contributed by atoms with Crippen molar-refractivity contribution < 1.29 is 9.53 Å². The number of benzene rings is 1. The van der Waals surface area contributed by atoms with Crippen molar-refractivity contribution in [2.45, 2.75) is 25.8 Å². The van der Waals surface area contributed by atoms with E-state index in [1.807, 2.05) is 44.2 Å². The minimum atomic E-state index is -0.561. The normalized spacial score (nSPS) is 12.5. The molecule has 0 heterocycles. The minimum Gasteiger partial charge on any atom is -0.460 e. The molecule has 0 aliphatic heterocycles. The van der Waals surface area contributed by atoms with E-state index in [0.29, 0.717) is 0 Å². The highest BCUT2D eigenvalue weighted by molar-refractivity contribution is 6.30. The average Bonchev–Trinajstić information content (AvgIpc) is 2.26. The van der Waals surface area contributed by atoms with E-state index in [9.17, 15) is 4.79 Å². The van der Waals surface area contributed by atoms with Crippen LogP contribution in [0.15, 0.2) is 30.3 Å². The van der Waals surface area contributed by atoms with Crippen LogP contribution >= 0.6 is 11.6 Å². The van der Waals surface area contributed by atoms with Crippen LogP contribution in [-0.2, 0) is 16.1 Å². The van der Waals surface area contributed by atoms with Crippen molar-refractivity contribution in [3.8, 4) is 0 Å². The highest BCUT2D eigenvalue weighted by Gasteiger charge is 2.20. The number of rotatable bonds is 4. The van der Waals surface area contributed by atoms with E-state index < -0.39 is 5.38 Å². The van der Waals surface area contributed by atoms with Gasteiger partial charge in [-0.25, -0.2) is 0 Å². The molecule has 1 aromatic rings. The Hall–Kier alpha value is -1.02. The number of alkyl halides is 1. The molecule has 0 fully saturated rings. The third kappa shape index (κ3) is 3.92.